The molecule has 3 nitrogen and oxygen atoms in total. The highest BCUT2D eigenvalue weighted by Gasteiger charge is 2.07. The Morgan fingerprint density at radius 1 is 1.54 bits per heavy atom. The molecule has 1 aromatic rings. The van der Waals surface area contributed by atoms with Crippen LogP contribution in [0.15, 0.2) is 6.08 Å². The molecule has 0 amide bonds. The number of hydrogen-bond acceptors (Lipinski definition) is 4. The molecule has 0 spiro atoms. The highest BCUT2D eigenvalue weighted by molar-refractivity contribution is 7.17. The van der Waals surface area contributed by atoms with Crippen LogP contribution < -0.4 is 4.90 Å². The number of aromatic nitrogens is 1. The van der Waals surface area contributed by atoms with Gasteiger partial charge in [-0.3, -0.25) is 4.79 Å². The monoisotopic (exact) mass is 216 g/mol. The zero-order chi connectivity index (χ0) is 9.84. The van der Waals surface area contributed by atoms with Gasteiger partial charge < -0.3 is 4.90 Å². The van der Waals surface area contributed by atoms with E-state index in [1.165, 1.54) is 17.4 Å². The molecule has 70 valence electrons. The standard InChI is InChI=1S/C8H9ClN2OS/c1-11(2)8-10-7(9)6(13-8)4-3-5-12/h3-5H,1-2H3. The molecule has 1 rings (SSSR count). The first-order chi connectivity index (χ1) is 6.15. The number of carbonyl (C=O) groups excluding carboxylic acids is 1. The molecule has 13 heavy (non-hydrogen) atoms. The number of aldehydes is 1. The third-order valence-corrected chi connectivity index (χ3v) is 2.90. The fraction of sp³-hybridized carbons (Fsp3) is 0.250. The summed E-state index contributed by atoms with van der Waals surface area (Å²) in [4.78, 5) is 16.9. The van der Waals surface area contributed by atoms with E-state index in [-0.39, 0.29) is 0 Å². The van der Waals surface area contributed by atoms with Gasteiger partial charge in [0.1, 0.15) is 11.4 Å². The van der Waals surface area contributed by atoms with E-state index >= 15 is 0 Å². The summed E-state index contributed by atoms with van der Waals surface area (Å²) in [6.07, 6.45) is 3.77. The van der Waals surface area contributed by atoms with E-state index < -0.39 is 0 Å². The summed E-state index contributed by atoms with van der Waals surface area (Å²) in [5, 5.41) is 1.27. The Hall–Kier alpha value is -0.870. The van der Waals surface area contributed by atoms with Gasteiger partial charge in [-0.2, -0.15) is 0 Å². The van der Waals surface area contributed by atoms with Gasteiger partial charge in [0.2, 0.25) is 0 Å². The number of allylic oxidation sites excluding steroid dienone is 1. The van der Waals surface area contributed by atoms with Crippen molar-refractivity contribution in [3.63, 3.8) is 0 Å². The molecule has 0 aliphatic heterocycles. The number of carbonyl (C=O) groups is 1. The van der Waals surface area contributed by atoms with E-state index in [0.717, 1.165) is 10.0 Å². The number of hydrogen-bond donors (Lipinski definition) is 0. The van der Waals surface area contributed by atoms with Crippen LogP contribution in [0.25, 0.3) is 6.08 Å². The van der Waals surface area contributed by atoms with Gasteiger partial charge in [-0.05, 0) is 12.2 Å². The smallest absolute Gasteiger partial charge is 0.186 e. The molecule has 5 heteroatoms. The third kappa shape index (κ3) is 2.54. The Kier molecular flexibility index (Phi) is 3.45. The molecule has 0 unspecified atom stereocenters. The molecule has 1 aromatic heterocycles. The Bertz CT molecular complexity index is 333. The van der Waals surface area contributed by atoms with Crippen molar-refractivity contribution in [1.82, 2.24) is 4.98 Å². The van der Waals surface area contributed by atoms with Gasteiger partial charge in [-0.25, -0.2) is 4.98 Å². The van der Waals surface area contributed by atoms with Crippen LogP contribution in [0.4, 0.5) is 5.13 Å². The van der Waals surface area contributed by atoms with Crippen LogP contribution in [-0.4, -0.2) is 25.4 Å². The van der Waals surface area contributed by atoms with Crippen molar-refractivity contribution in [3.8, 4) is 0 Å². The maximum atomic E-state index is 10.1. The molecule has 0 aliphatic rings. The van der Waals surface area contributed by atoms with Gasteiger partial charge >= 0.3 is 0 Å². The molecule has 0 aliphatic carbocycles. The van der Waals surface area contributed by atoms with Crippen molar-refractivity contribution < 1.29 is 4.79 Å². The Balaban J connectivity index is 2.96. The zero-order valence-corrected chi connectivity index (χ0v) is 8.89. The number of nitrogens with zero attached hydrogens (tertiary/aromatic N) is 2. The first kappa shape index (κ1) is 10.2. The molecule has 1 heterocycles. The first-order valence-corrected chi connectivity index (χ1v) is 4.80. The number of halogens is 1. The molecule has 0 aromatic carbocycles. The molecule has 0 radical (unpaired) electrons. The molecular weight excluding hydrogens is 208 g/mol. The predicted octanol–water partition coefficient (Wildman–Crippen LogP) is 2.07. The fourth-order valence-electron chi connectivity index (χ4n) is 0.723. The minimum Gasteiger partial charge on any atom is -0.354 e. The van der Waals surface area contributed by atoms with E-state index in [1.54, 1.807) is 6.08 Å². The quantitative estimate of drug-likeness (QED) is 0.573. The summed E-state index contributed by atoms with van der Waals surface area (Å²) in [5.41, 5.74) is 0. The van der Waals surface area contributed by atoms with Crippen molar-refractivity contribution in [1.29, 1.82) is 0 Å². The topological polar surface area (TPSA) is 33.2 Å². The lowest BCUT2D eigenvalue weighted by Crippen LogP contribution is -2.07. The van der Waals surface area contributed by atoms with Crippen LogP contribution in [-0.2, 0) is 4.79 Å². The first-order valence-electron chi connectivity index (χ1n) is 3.60. The van der Waals surface area contributed by atoms with Crippen LogP contribution in [0.3, 0.4) is 0 Å². The normalized spacial score (nSPS) is 10.7. The molecule has 0 N–H and O–H groups in total. The van der Waals surface area contributed by atoms with Crippen LogP contribution in [0, 0.1) is 0 Å². The second-order valence-electron chi connectivity index (χ2n) is 2.54. The lowest BCUT2D eigenvalue weighted by atomic mass is 10.5. The number of thiazole rings is 1. The van der Waals surface area contributed by atoms with E-state index in [4.69, 9.17) is 11.6 Å². The van der Waals surface area contributed by atoms with Gasteiger partial charge in [-0.15, -0.1) is 0 Å². The summed E-state index contributed by atoms with van der Waals surface area (Å²) in [6.45, 7) is 0. The highest BCUT2D eigenvalue weighted by atomic mass is 35.5. The van der Waals surface area contributed by atoms with Gasteiger partial charge in [0.05, 0.1) is 4.88 Å². The lowest BCUT2D eigenvalue weighted by Gasteiger charge is -2.04. The average molecular weight is 217 g/mol. The minimum atomic E-state index is 0.437. The minimum absolute atomic E-state index is 0.437. The van der Waals surface area contributed by atoms with E-state index in [0.29, 0.717) is 11.4 Å². The van der Waals surface area contributed by atoms with Crippen molar-refractivity contribution in [2.45, 2.75) is 0 Å². The number of rotatable bonds is 3. The van der Waals surface area contributed by atoms with Gasteiger partial charge in [0.15, 0.2) is 5.13 Å². The fourth-order valence-corrected chi connectivity index (χ4v) is 1.82. The summed E-state index contributed by atoms with van der Waals surface area (Å²) in [5.74, 6) is 0. The van der Waals surface area contributed by atoms with Crippen molar-refractivity contribution in [3.05, 3.63) is 16.1 Å². The number of anilines is 1. The van der Waals surface area contributed by atoms with Crippen molar-refractivity contribution in [2.75, 3.05) is 19.0 Å². The van der Waals surface area contributed by atoms with Crippen LogP contribution >= 0.6 is 22.9 Å². The Labute approximate surface area is 85.7 Å². The highest BCUT2D eigenvalue weighted by Crippen LogP contribution is 2.29. The second kappa shape index (κ2) is 4.39. The SMILES string of the molecule is CN(C)c1nc(Cl)c(C=CC=O)s1. The van der Waals surface area contributed by atoms with Crippen molar-refractivity contribution >= 4 is 40.4 Å². The Morgan fingerprint density at radius 3 is 2.69 bits per heavy atom. The summed E-state index contributed by atoms with van der Waals surface area (Å²) >= 11 is 7.27. The lowest BCUT2D eigenvalue weighted by molar-refractivity contribution is -0.104. The molecule has 0 fully saturated rings. The van der Waals surface area contributed by atoms with Gasteiger partial charge in [0, 0.05) is 14.1 Å². The summed E-state index contributed by atoms with van der Waals surface area (Å²) < 4.78 is 0. The van der Waals surface area contributed by atoms with E-state index in [1.807, 2.05) is 19.0 Å². The third-order valence-electron chi connectivity index (χ3n) is 1.31. The molecule has 0 saturated heterocycles. The molecule has 0 bridgehead atoms. The average Bonchev–Trinajstić information content (AvgIpc) is 2.44. The summed E-state index contributed by atoms with van der Waals surface area (Å²) in [7, 11) is 3.78. The van der Waals surface area contributed by atoms with Crippen LogP contribution in [0.1, 0.15) is 4.88 Å². The molecular formula is C8H9ClN2OS. The maximum absolute atomic E-state index is 10.1. The molecule has 0 saturated carbocycles. The Morgan fingerprint density at radius 2 is 2.23 bits per heavy atom. The second-order valence-corrected chi connectivity index (χ2v) is 3.91. The van der Waals surface area contributed by atoms with Crippen molar-refractivity contribution in [2.24, 2.45) is 0 Å². The van der Waals surface area contributed by atoms with Crippen LogP contribution in [0.2, 0.25) is 5.15 Å². The maximum Gasteiger partial charge on any atom is 0.186 e. The predicted molar refractivity (Wildman–Crippen MR) is 56.5 cm³/mol. The zero-order valence-electron chi connectivity index (χ0n) is 7.32. The van der Waals surface area contributed by atoms with Gasteiger partial charge in [0.25, 0.3) is 0 Å². The van der Waals surface area contributed by atoms with E-state index in [9.17, 15) is 4.79 Å². The van der Waals surface area contributed by atoms with E-state index in [2.05, 4.69) is 4.98 Å². The summed E-state index contributed by atoms with van der Waals surface area (Å²) in [6, 6.07) is 0. The van der Waals surface area contributed by atoms with Gasteiger partial charge in [-0.1, -0.05) is 22.9 Å². The largest absolute Gasteiger partial charge is 0.354 e. The molecule has 0 atom stereocenters. The van der Waals surface area contributed by atoms with Crippen LogP contribution in [0.5, 0.6) is 0 Å².